The molecule has 6 nitrogen and oxygen atoms in total. The number of aromatic nitrogens is 1. The highest BCUT2D eigenvalue weighted by atomic mass is 32.2. The Balaban J connectivity index is 1.31. The molecule has 8 heteroatoms. The van der Waals surface area contributed by atoms with E-state index in [-0.39, 0.29) is 24.2 Å². The Hall–Kier alpha value is -2.84. The van der Waals surface area contributed by atoms with Gasteiger partial charge in [0, 0.05) is 22.6 Å². The van der Waals surface area contributed by atoms with Gasteiger partial charge in [0.15, 0.2) is 0 Å². The Bertz CT molecular complexity index is 949. The van der Waals surface area contributed by atoms with Crippen LogP contribution >= 0.6 is 23.1 Å². The molecule has 0 saturated carbocycles. The number of carbonyl (C=O) groups excluding carboxylic acids is 2. The molecule has 0 aliphatic heterocycles. The van der Waals surface area contributed by atoms with Crippen LogP contribution in [0.25, 0.3) is 11.3 Å². The molecule has 0 radical (unpaired) electrons. The molecule has 30 heavy (non-hydrogen) atoms. The van der Waals surface area contributed by atoms with Gasteiger partial charge in [0.2, 0.25) is 5.91 Å². The fourth-order valence-electron chi connectivity index (χ4n) is 2.62. The number of carbonyl (C=O) groups is 2. The van der Waals surface area contributed by atoms with E-state index in [2.05, 4.69) is 15.8 Å². The second-order valence-corrected chi connectivity index (χ2v) is 8.50. The predicted octanol–water partition coefficient (Wildman–Crippen LogP) is 4.60. The number of amides is 2. The van der Waals surface area contributed by atoms with Gasteiger partial charge in [-0.2, -0.15) is 0 Å². The molecule has 0 aliphatic carbocycles. The zero-order valence-corrected chi connectivity index (χ0v) is 18.2. The Morgan fingerprint density at radius 3 is 2.50 bits per heavy atom. The summed E-state index contributed by atoms with van der Waals surface area (Å²) in [4.78, 5) is 28.3. The van der Waals surface area contributed by atoms with Crippen LogP contribution in [-0.4, -0.2) is 29.3 Å². The first-order valence-electron chi connectivity index (χ1n) is 9.46. The second kappa shape index (κ2) is 11.4. The lowest BCUT2D eigenvalue weighted by Crippen LogP contribution is -2.43. The van der Waals surface area contributed by atoms with Crippen LogP contribution in [0.3, 0.4) is 0 Å². The van der Waals surface area contributed by atoms with Crippen LogP contribution in [-0.2, 0) is 15.3 Å². The minimum atomic E-state index is -0.677. The molecule has 1 heterocycles. The molecule has 3 aromatic rings. The second-order valence-electron chi connectivity index (χ2n) is 6.57. The van der Waals surface area contributed by atoms with Crippen molar-refractivity contribution < 1.29 is 14.3 Å². The van der Waals surface area contributed by atoms with Crippen molar-refractivity contribution in [1.29, 1.82) is 0 Å². The fourth-order valence-corrected chi connectivity index (χ4v) is 4.33. The number of nitrogens with zero attached hydrogens (tertiary/aromatic N) is 1. The van der Waals surface area contributed by atoms with Gasteiger partial charge in [0.05, 0.1) is 18.1 Å². The van der Waals surface area contributed by atoms with E-state index in [1.165, 1.54) is 11.8 Å². The zero-order valence-electron chi connectivity index (χ0n) is 16.5. The van der Waals surface area contributed by atoms with Crippen molar-refractivity contribution in [2.24, 2.45) is 0 Å². The Kier molecular flexibility index (Phi) is 8.29. The van der Waals surface area contributed by atoms with Crippen LogP contribution < -0.4 is 10.9 Å². The summed E-state index contributed by atoms with van der Waals surface area (Å²) < 4.78 is 5.15. The molecule has 0 bridgehead atoms. The number of thioether (sulfide) groups is 1. The van der Waals surface area contributed by atoms with Crippen LogP contribution in [0.5, 0.6) is 0 Å². The third-order valence-corrected chi connectivity index (χ3v) is 6.19. The van der Waals surface area contributed by atoms with Crippen LogP contribution in [0, 0.1) is 0 Å². The monoisotopic (exact) mass is 441 g/mol. The summed E-state index contributed by atoms with van der Waals surface area (Å²) in [5, 5.41) is 2.97. The smallest absolute Gasteiger partial charge is 0.426 e. The van der Waals surface area contributed by atoms with Gasteiger partial charge in [-0.1, -0.05) is 67.6 Å². The van der Waals surface area contributed by atoms with Crippen molar-refractivity contribution in [3.63, 3.8) is 0 Å². The van der Waals surface area contributed by atoms with Crippen molar-refractivity contribution in [3.05, 3.63) is 76.6 Å². The van der Waals surface area contributed by atoms with E-state index >= 15 is 0 Å². The van der Waals surface area contributed by atoms with Crippen molar-refractivity contribution in [2.45, 2.75) is 18.6 Å². The first-order valence-corrected chi connectivity index (χ1v) is 11.5. The number of hydrogen-bond acceptors (Lipinski definition) is 6. The molecular formula is C22H23N3O3S2. The Morgan fingerprint density at radius 2 is 1.77 bits per heavy atom. The van der Waals surface area contributed by atoms with E-state index in [0.717, 1.165) is 21.8 Å². The van der Waals surface area contributed by atoms with E-state index in [0.29, 0.717) is 5.75 Å². The normalized spacial score (nSPS) is 11.5. The maximum absolute atomic E-state index is 11.9. The summed E-state index contributed by atoms with van der Waals surface area (Å²) in [6.07, 6.45) is -0.677. The summed E-state index contributed by atoms with van der Waals surface area (Å²) >= 11 is 3.00. The Labute approximate surface area is 184 Å². The first kappa shape index (κ1) is 21.9. The van der Waals surface area contributed by atoms with Crippen LogP contribution in [0.1, 0.15) is 23.4 Å². The number of hydrogen-bond donors (Lipinski definition) is 2. The van der Waals surface area contributed by atoms with Gasteiger partial charge >= 0.3 is 6.09 Å². The minimum Gasteiger partial charge on any atom is -0.448 e. The molecule has 156 valence electrons. The van der Waals surface area contributed by atoms with Gasteiger partial charge < -0.3 is 4.74 Å². The van der Waals surface area contributed by atoms with E-state index in [9.17, 15) is 9.59 Å². The van der Waals surface area contributed by atoms with Crippen LogP contribution in [0.2, 0.25) is 0 Å². The topological polar surface area (TPSA) is 80.3 Å². The molecule has 3 rings (SSSR count). The van der Waals surface area contributed by atoms with Crippen molar-refractivity contribution >= 4 is 35.1 Å². The van der Waals surface area contributed by atoms with Gasteiger partial charge in [-0.3, -0.25) is 10.2 Å². The van der Waals surface area contributed by atoms with Crippen LogP contribution in [0.4, 0.5) is 4.79 Å². The molecule has 1 atom stereocenters. The van der Waals surface area contributed by atoms with Gasteiger partial charge in [-0.05, 0) is 5.56 Å². The summed E-state index contributed by atoms with van der Waals surface area (Å²) in [6.45, 7) is 2.20. The number of nitrogens with one attached hydrogen (secondary N) is 2. The largest absolute Gasteiger partial charge is 0.448 e. The average molecular weight is 442 g/mol. The predicted molar refractivity (Wildman–Crippen MR) is 121 cm³/mol. The van der Waals surface area contributed by atoms with Crippen LogP contribution in [0.15, 0.2) is 66.0 Å². The third-order valence-electron chi connectivity index (χ3n) is 4.22. The first-order chi connectivity index (χ1) is 14.6. The number of benzene rings is 2. The zero-order chi connectivity index (χ0) is 21.2. The molecule has 1 unspecified atom stereocenters. The third kappa shape index (κ3) is 6.89. The molecule has 0 fully saturated rings. The minimum absolute atomic E-state index is 0.0716. The van der Waals surface area contributed by atoms with Gasteiger partial charge in [0.25, 0.3) is 0 Å². The SMILES string of the molecule is CC(COC(=O)NNC(=O)CSCc1nc(-c2ccccc2)cs1)c1ccccc1. The summed E-state index contributed by atoms with van der Waals surface area (Å²) in [5.41, 5.74) is 7.74. The highest BCUT2D eigenvalue weighted by Crippen LogP contribution is 2.24. The van der Waals surface area contributed by atoms with Gasteiger partial charge in [-0.15, -0.1) is 23.1 Å². The summed E-state index contributed by atoms with van der Waals surface area (Å²) in [6, 6.07) is 19.8. The van der Waals surface area contributed by atoms with Crippen molar-refractivity contribution in [3.8, 4) is 11.3 Å². The highest BCUT2D eigenvalue weighted by Gasteiger charge is 2.11. The lowest BCUT2D eigenvalue weighted by Gasteiger charge is -2.13. The summed E-state index contributed by atoms with van der Waals surface area (Å²) in [7, 11) is 0. The molecule has 2 aromatic carbocycles. The maximum atomic E-state index is 11.9. The number of ether oxygens (including phenoxy) is 1. The molecule has 0 aliphatic rings. The standard InChI is InChI=1S/C22H23N3O3S2/c1-16(17-8-4-2-5-9-17)12-28-22(27)25-24-20(26)14-29-15-21-23-19(13-30-21)18-10-6-3-7-11-18/h2-11,13,16H,12,14-15H2,1H3,(H,24,26)(H,25,27). The van der Waals surface area contributed by atoms with E-state index < -0.39 is 6.09 Å². The Morgan fingerprint density at radius 1 is 1.07 bits per heavy atom. The molecule has 0 saturated heterocycles. The van der Waals surface area contributed by atoms with E-state index in [4.69, 9.17) is 4.74 Å². The molecule has 2 N–H and O–H groups in total. The molecule has 1 aromatic heterocycles. The fraction of sp³-hybridized carbons (Fsp3) is 0.227. The quantitative estimate of drug-likeness (QED) is 0.499. The van der Waals surface area contributed by atoms with E-state index in [1.54, 1.807) is 11.3 Å². The molecule has 0 spiro atoms. The lowest BCUT2D eigenvalue weighted by molar-refractivity contribution is -0.119. The highest BCUT2D eigenvalue weighted by molar-refractivity contribution is 7.99. The van der Waals surface area contributed by atoms with Crippen molar-refractivity contribution in [2.75, 3.05) is 12.4 Å². The molecule has 2 amide bonds. The number of thiazole rings is 1. The van der Waals surface area contributed by atoms with Gasteiger partial charge in [0.1, 0.15) is 5.01 Å². The average Bonchev–Trinajstić information content (AvgIpc) is 3.26. The van der Waals surface area contributed by atoms with Gasteiger partial charge in [-0.25, -0.2) is 15.2 Å². The van der Waals surface area contributed by atoms with E-state index in [1.807, 2.05) is 73.0 Å². The lowest BCUT2D eigenvalue weighted by atomic mass is 10.0. The number of hydrazine groups is 1. The molecular weight excluding hydrogens is 418 g/mol. The summed E-state index contributed by atoms with van der Waals surface area (Å²) in [5.74, 6) is 0.612. The number of rotatable bonds is 8. The van der Waals surface area contributed by atoms with Crippen molar-refractivity contribution in [1.82, 2.24) is 15.8 Å². The maximum Gasteiger partial charge on any atom is 0.426 e.